The maximum absolute atomic E-state index is 7.04. The van der Waals surface area contributed by atoms with Crippen LogP contribution in [0, 0.1) is 0 Å². The van der Waals surface area contributed by atoms with Crippen molar-refractivity contribution in [3.63, 3.8) is 0 Å². The lowest BCUT2D eigenvalue weighted by molar-refractivity contribution is 0.340. The van der Waals surface area contributed by atoms with Crippen molar-refractivity contribution in [3.8, 4) is 5.75 Å². The molecule has 0 saturated heterocycles. The average molecular weight is 164 g/mol. The first kappa shape index (κ1) is 9.07. The minimum absolute atomic E-state index is 0.452. The molecular formula is C10H14NO. The Morgan fingerprint density at radius 1 is 1.25 bits per heavy atom. The van der Waals surface area contributed by atoms with Crippen LogP contribution in [0.5, 0.6) is 5.75 Å². The van der Waals surface area contributed by atoms with E-state index < -0.39 is 0 Å². The van der Waals surface area contributed by atoms with Gasteiger partial charge in [0.25, 0.3) is 0 Å². The fourth-order valence-corrected chi connectivity index (χ4v) is 1.06. The van der Waals surface area contributed by atoms with Crippen molar-refractivity contribution in [2.45, 2.75) is 13.3 Å². The molecule has 0 atom stereocenters. The highest BCUT2D eigenvalue weighted by atomic mass is 16.5. The van der Waals surface area contributed by atoms with E-state index in [4.69, 9.17) is 10.5 Å². The predicted octanol–water partition coefficient (Wildman–Crippen LogP) is 1.91. The second-order valence-electron chi connectivity index (χ2n) is 2.58. The van der Waals surface area contributed by atoms with Crippen LogP contribution in [0.1, 0.15) is 12.5 Å². The molecule has 1 aromatic carbocycles. The number of hydrogen-bond donors (Lipinski definition) is 0. The molecule has 12 heavy (non-hydrogen) atoms. The fraction of sp³-hybridized carbons (Fsp3) is 0.400. The van der Waals surface area contributed by atoms with Gasteiger partial charge in [-0.15, -0.1) is 0 Å². The van der Waals surface area contributed by atoms with Gasteiger partial charge in [0.15, 0.2) is 0 Å². The van der Waals surface area contributed by atoms with Crippen molar-refractivity contribution in [2.24, 2.45) is 0 Å². The average Bonchev–Trinajstić information content (AvgIpc) is 2.09. The summed E-state index contributed by atoms with van der Waals surface area (Å²) in [6.07, 6.45) is 0.826. The molecule has 0 saturated carbocycles. The van der Waals surface area contributed by atoms with Gasteiger partial charge in [-0.25, -0.2) is 0 Å². The summed E-state index contributed by atoms with van der Waals surface area (Å²) >= 11 is 0. The van der Waals surface area contributed by atoms with E-state index in [1.807, 2.05) is 31.2 Å². The van der Waals surface area contributed by atoms with E-state index in [0.717, 1.165) is 12.2 Å². The topological polar surface area (TPSA) is 33.0 Å². The Bertz CT molecular complexity index is 193. The Kier molecular flexibility index (Phi) is 3.61. The SMILES string of the molecule is CCOc1ccc(CC[NH])cc1. The van der Waals surface area contributed by atoms with Crippen LogP contribution in [-0.2, 0) is 6.42 Å². The van der Waals surface area contributed by atoms with Gasteiger partial charge >= 0.3 is 0 Å². The molecule has 2 nitrogen and oxygen atoms in total. The molecule has 1 N–H and O–H groups in total. The summed E-state index contributed by atoms with van der Waals surface area (Å²) in [5.74, 6) is 0.909. The van der Waals surface area contributed by atoms with Gasteiger partial charge in [0.2, 0.25) is 0 Å². The molecule has 2 heteroatoms. The Hall–Kier alpha value is -1.02. The lowest BCUT2D eigenvalue weighted by Crippen LogP contribution is -1.94. The van der Waals surface area contributed by atoms with E-state index in [0.29, 0.717) is 13.2 Å². The maximum atomic E-state index is 7.04. The van der Waals surface area contributed by atoms with E-state index >= 15 is 0 Å². The molecule has 0 aliphatic heterocycles. The van der Waals surface area contributed by atoms with Crippen molar-refractivity contribution in [1.82, 2.24) is 5.73 Å². The van der Waals surface area contributed by atoms with Gasteiger partial charge < -0.3 is 4.74 Å². The monoisotopic (exact) mass is 164 g/mol. The van der Waals surface area contributed by atoms with Crippen LogP contribution < -0.4 is 10.5 Å². The first-order valence-corrected chi connectivity index (χ1v) is 4.23. The molecule has 1 radical (unpaired) electrons. The molecule has 1 rings (SSSR count). The summed E-state index contributed by atoms with van der Waals surface area (Å²) in [4.78, 5) is 0. The van der Waals surface area contributed by atoms with E-state index in [2.05, 4.69) is 0 Å². The van der Waals surface area contributed by atoms with Crippen molar-refractivity contribution in [3.05, 3.63) is 29.8 Å². The van der Waals surface area contributed by atoms with Gasteiger partial charge in [0.1, 0.15) is 5.75 Å². The second-order valence-corrected chi connectivity index (χ2v) is 2.58. The second kappa shape index (κ2) is 4.78. The predicted molar refractivity (Wildman–Crippen MR) is 49.3 cm³/mol. The van der Waals surface area contributed by atoms with Crippen LogP contribution >= 0.6 is 0 Å². The first-order chi connectivity index (χ1) is 5.86. The normalized spacial score (nSPS) is 9.83. The lowest BCUT2D eigenvalue weighted by atomic mass is 10.1. The Labute approximate surface area is 73.3 Å². The fourth-order valence-electron chi connectivity index (χ4n) is 1.06. The van der Waals surface area contributed by atoms with E-state index in [-0.39, 0.29) is 0 Å². The summed E-state index contributed by atoms with van der Waals surface area (Å²) in [5, 5.41) is 0. The number of hydrogen-bond acceptors (Lipinski definition) is 1. The molecule has 0 spiro atoms. The zero-order valence-corrected chi connectivity index (χ0v) is 7.34. The van der Waals surface area contributed by atoms with Crippen molar-refractivity contribution in [1.29, 1.82) is 0 Å². The van der Waals surface area contributed by atoms with Crippen LogP contribution in [-0.4, -0.2) is 13.2 Å². The molecule has 0 unspecified atom stereocenters. The maximum Gasteiger partial charge on any atom is 0.119 e. The highest BCUT2D eigenvalue weighted by molar-refractivity contribution is 5.27. The standard InChI is InChI=1S/C10H14NO/c1-2-12-10-5-3-9(4-6-10)7-8-11/h3-6,11H,2,7-8H2,1H3. The number of ether oxygens (including phenoxy) is 1. The summed E-state index contributed by atoms with van der Waals surface area (Å²) in [5.41, 5.74) is 8.25. The summed E-state index contributed by atoms with van der Waals surface area (Å²) < 4.78 is 5.29. The minimum Gasteiger partial charge on any atom is -0.494 e. The molecular weight excluding hydrogens is 150 g/mol. The quantitative estimate of drug-likeness (QED) is 0.669. The highest BCUT2D eigenvalue weighted by Gasteiger charge is 1.92. The third-order valence-corrected chi connectivity index (χ3v) is 1.65. The van der Waals surface area contributed by atoms with E-state index in [1.54, 1.807) is 0 Å². The van der Waals surface area contributed by atoms with Gasteiger partial charge in [0, 0.05) is 6.54 Å². The van der Waals surface area contributed by atoms with Gasteiger partial charge in [-0.3, -0.25) is 5.73 Å². The smallest absolute Gasteiger partial charge is 0.119 e. The number of nitrogens with one attached hydrogen (secondary N) is 1. The number of rotatable bonds is 4. The molecule has 1 aromatic rings. The third kappa shape index (κ3) is 2.55. The Morgan fingerprint density at radius 2 is 1.92 bits per heavy atom. The Balaban J connectivity index is 2.58. The van der Waals surface area contributed by atoms with Crippen molar-refractivity contribution >= 4 is 0 Å². The van der Waals surface area contributed by atoms with Crippen LogP contribution in [0.4, 0.5) is 0 Å². The molecule has 0 bridgehead atoms. The van der Waals surface area contributed by atoms with Crippen LogP contribution in [0.25, 0.3) is 0 Å². The molecule has 0 aliphatic carbocycles. The van der Waals surface area contributed by atoms with Crippen molar-refractivity contribution in [2.75, 3.05) is 13.2 Å². The zero-order chi connectivity index (χ0) is 8.81. The number of benzene rings is 1. The summed E-state index contributed by atoms with van der Waals surface area (Å²) in [6, 6.07) is 7.93. The molecule has 0 aliphatic rings. The third-order valence-electron chi connectivity index (χ3n) is 1.65. The molecule has 0 fully saturated rings. The zero-order valence-electron chi connectivity index (χ0n) is 7.34. The Morgan fingerprint density at radius 3 is 2.42 bits per heavy atom. The minimum atomic E-state index is 0.452. The largest absolute Gasteiger partial charge is 0.494 e. The molecule has 0 amide bonds. The van der Waals surface area contributed by atoms with Crippen LogP contribution in [0.3, 0.4) is 0 Å². The van der Waals surface area contributed by atoms with Crippen molar-refractivity contribution < 1.29 is 4.74 Å². The van der Waals surface area contributed by atoms with Gasteiger partial charge in [-0.2, -0.15) is 0 Å². The van der Waals surface area contributed by atoms with Gasteiger partial charge in [-0.05, 0) is 31.0 Å². The van der Waals surface area contributed by atoms with E-state index in [1.165, 1.54) is 5.56 Å². The molecule has 0 heterocycles. The first-order valence-electron chi connectivity index (χ1n) is 4.23. The lowest BCUT2D eigenvalue weighted by Gasteiger charge is -2.03. The molecule has 0 aromatic heterocycles. The van der Waals surface area contributed by atoms with Crippen LogP contribution in [0.15, 0.2) is 24.3 Å². The summed E-state index contributed by atoms with van der Waals surface area (Å²) in [6.45, 7) is 3.13. The van der Waals surface area contributed by atoms with Gasteiger partial charge in [-0.1, -0.05) is 12.1 Å². The highest BCUT2D eigenvalue weighted by Crippen LogP contribution is 2.11. The summed E-state index contributed by atoms with van der Waals surface area (Å²) in [7, 11) is 0. The van der Waals surface area contributed by atoms with Gasteiger partial charge in [0.05, 0.1) is 6.61 Å². The van der Waals surface area contributed by atoms with Crippen LogP contribution in [0.2, 0.25) is 0 Å². The van der Waals surface area contributed by atoms with E-state index in [9.17, 15) is 0 Å². The molecule has 65 valence electrons.